The highest BCUT2D eigenvalue weighted by molar-refractivity contribution is 6.31. The van der Waals surface area contributed by atoms with Crippen LogP contribution in [0.4, 0.5) is 4.39 Å². The molecule has 0 aliphatic carbocycles. The van der Waals surface area contributed by atoms with E-state index in [1.807, 2.05) is 59.2 Å². The first-order chi connectivity index (χ1) is 14.7. The Morgan fingerprint density at radius 2 is 1.63 bits per heavy atom. The van der Waals surface area contributed by atoms with E-state index in [0.29, 0.717) is 16.4 Å². The number of rotatable bonds is 5. The van der Waals surface area contributed by atoms with Crippen molar-refractivity contribution in [2.75, 3.05) is 0 Å². The lowest BCUT2D eigenvalue weighted by Gasteiger charge is -2.13. The number of ether oxygens (including phenoxy) is 1. The van der Waals surface area contributed by atoms with Gasteiger partial charge in [-0.1, -0.05) is 66.2 Å². The number of hydrogen-bond acceptors (Lipinski definition) is 2. The van der Waals surface area contributed by atoms with Crippen LogP contribution in [-0.4, -0.2) is 9.55 Å². The second kappa shape index (κ2) is 7.81. The minimum atomic E-state index is -0.332. The maximum Gasteiger partial charge on any atom is 0.148 e. The number of hydrogen-bond donors (Lipinski definition) is 0. The minimum Gasteiger partial charge on any atom is -0.485 e. The van der Waals surface area contributed by atoms with Crippen LogP contribution in [0.25, 0.3) is 21.8 Å². The second-order valence-corrected chi connectivity index (χ2v) is 7.48. The molecule has 1 heterocycles. The van der Waals surface area contributed by atoms with Crippen LogP contribution in [-0.2, 0) is 13.2 Å². The topological polar surface area (TPSA) is 27.1 Å². The summed E-state index contributed by atoms with van der Waals surface area (Å²) < 4.78 is 22.6. The highest BCUT2D eigenvalue weighted by atomic mass is 35.5. The van der Waals surface area contributed by atoms with Gasteiger partial charge < -0.3 is 9.30 Å². The molecule has 1 aromatic heterocycles. The molecule has 0 saturated carbocycles. The van der Waals surface area contributed by atoms with Gasteiger partial charge in [0.15, 0.2) is 0 Å². The SMILES string of the molecule is Fc1cccc(Cl)c1Cn1c(COc2cccc3ccccc23)nc2ccccc21. The molecule has 0 atom stereocenters. The summed E-state index contributed by atoms with van der Waals surface area (Å²) in [6.45, 7) is 0.537. The van der Waals surface area contributed by atoms with Crippen molar-refractivity contribution in [2.45, 2.75) is 13.2 Å². The van der Waals surface area contributed by atoms with Gasteiger partial charge in [-0.25, -0.2) is 9.37 Å². The van der Waals surface area contributed by atoms with E-state index in [0.717, 1.165) is 27.6 Å². The molecule has 0 unspecified atom stereocenters. The molecular formula is C25H18ClFN2O. The lowest BCUT2D eigenvalue weighted by molar-refractivity contribution is 0.294. The Morgan fingerprint density at radius 3 is 2.53 bits per heavy atom. The zero-order chi connectivity index (χ0) is 20.5. The Balaban J connectivity index is 1.53. The third kappa shape index (κ3) is 3.40. The monoisotopic (exact) mass is 416 g/mol. The largest absolute Gasteiger partial charge is 0.485 e. The molecule has 0 aliphatic rings. The highest BCUT2D eigenvalue weighted by Crippen LogP contribution is 2.28. The summed E-state index contributed by atoms with van der Waals surface area (Å²) in [6, 6.07) is 26.6. The summed E-state index contributed by atoms with van der Waals surface area (Å²) in [7, 11) is 0. The van der Waals surface area contributed by atoms with E-state index in [1.54, 1.807) is 12.1 Å². The van der Waals surface area contributed by atoms with Gasteiger partial charge in [-0.05, 0) is 35.7 Å². The molecule has 0 bridgehead atoms. The van der Waals surface area contributed by atoms with Crippen molar-refractivity contribution in [1.29, 1.82) is 0 Å². The number of halogens is 2. The van der Waals surface area contributed by atoms with E-state index in [4.69, 9.17) is 21.3 Å². The van der Waals surface area contributed by atoms with Crippen LogP contribution < -0.4 is 4.74 Å². The van der Waals surface area contributed by atoms with E-state index >= 15 is 0 Å². The Morgan fingerprint density at radius 1 is 0.867 bits per heavy atom. The summed E-state index contributed by atoms with van der Waals surface area (Å²) in [5.74, 6) is 1.17. The first kappa shape index (κ1) is 18.6. The summed E-state index contributed by atoms with van der Waals surface area (Å²) in [5, 5.41) is 2.55. The van der Waals surface area contributed by atoms with Crippen molar-refractivity contribution in [3.63, 3.8) is 0 Å². The van der Waals surface area contributed by atoms with Gasteiger partial charge in [-0.2, -0.15) is 0 Å². The molecule has 0 radical (unpaired) electrons. The number of para-hydroxylation sites is 2. The molecule has 5 aromatic rings. The van der Waals surface area contributed by atoms with Crippen molar-refractivity contribution < 1.29 is 9.13 Å². The fourth-order valence-corrected chi connectivity index (χ4v) is 3.94. The van der Waals surface area contributed by atoms with Crippen LogP contribution in [0.5, 0.6) is 5.75 Å². The molecule has 5 rings (SSSR count). The zero-order valence-electron chi connectivity index (χ0n) is 16.1. The number of fused-ring (bicyclic) bond motifs is 2. The molecule has 0 N–H and O–H groups in total. The third-order valence-corrected chi connectivity index (χ3v) is 5.57. The summed E-state index contributed by atoms with van der Waals surface area (Å²) in [6.07, 6.45) is 0. The first-order valence-corrected chi connectivity index (χ1v) is 10.1. The minimum absolute atomic E-state index is 0.259. The molecule has 0 spiro atoms. The summed E-state index contributed by atoms with van der Waals surface area (Å²) in [4.78, 5) is 4.74. The molecule has 4 aromatic carbocycles. The molecule has 148 valence electrons. The van der Waals surface area contributed by atoms with Crippen molar-refractivity contribution in [3.05, 3.63) is 107 Å². The Labute approximate surface area is 178 Å². The molecule has 30 heavy (non-hydrogen) atoms. The number of aromatic nitrogens is 2. The van der Waals surface area contributed by atoms with E-state index in [9.17, 15) is 4.39 Å². The second-order valence-electron chi connectivity index (χ2n) is 7.07. The quantitative estimate of drug-likeness (QED) is 0.322. The van der Waals surface area contributed by atoms with Gasteiger partial charge in [0.05, 0.1) is 17.6 Å². The summed E-state index contributed by atoms with van der Waals surface area (Å²) >= 11 is 6.28. The Hall–Kier alpha value is -3.37. The standard InChI is InChI=1S/C25H18ClFN2O/c26-20-10-6-11-21(27)19(20)15-29-23-13-4-3-12-22(23)28-25(29)16-30-24-14-5-8-17-7-1-2-9-18(17)24/h1-14H,15-16H2. The average molecular weight is 417 g/mol. The van der Waals surface area contributed by atoms with Gasteiger partial charge >= 0.3 is 0 Å². The average Bonchev–Trinajstić information content (AvgIpc) is 3.12. The van der Waals surface area contributed by atoms with Crippen LogP contribution in [0.1, 0.15) is 11.4 Å². The first-order valence-electron chi connectivity index (χ1n) is 9.68. The molecule has 0 fully saturated rings. The van der Waals surface area contributed by atoms with Gasteiger partial charge in [-0.15, -0.1) is 0 Å². The summed E-state index contributed by atoms with van der Waals surface area (Å²) in [5.41, 5.74) is 2.18. The van der Waals surface area contributed by atoms with Crippen molar-refractivity contribution in [1.82, 2.24) is 9.55 Å². The number of benzene rings is 4. The molecule has 5 heteroatoms. The van der Waals surface area contributed by atoms with Gasteiger partial charge in [0.2, 0.25) is 0 Å². The van der Waals surface area contributed by atoms with Gasteiger partial charge in [0, 0.05) is 16.0 Å². The van der Waals surface area contributed by atoms with Crippen LogP contribution >= 0.6 is 11.6 Å². The molecule has 3 nitrogen and oxygen atoms in total. The van der Waals surface area contributed by atoms with Gasteiger partial charge in [0.25, 0.3) is 0 Å². The van der Waals surface area contributed by atoms with Crippen LogP contribution in [0.15, 0.2) is 84.9 Å². The third-order valence-electron chi connectivity index (χ3n) is 5.22. The predicted octanol–water partition coefficient (Wildman–Crippen LogP) is 6.61. The normalized spacial score (nSPS) is 11.3. The fraction of sp³-hybridized carbons (Fsp3) is 0.0800. The number of nitrogens with zero attached hydrogens (tertiary/aromatic N) is 2. The van der Waals surface area contributed by atoms with E-state index in [-0.39, 0.29) is 19.0 Å². The molecule has 0 aliphatic heterocycles. The number of imidazole rings is 1. The predicted molar refractivity (Wildman–Crippen MR) is 119 cm³/mol. The van der Waals surface area contributed by atoms with Crippen LogP contribution in [0, 0.1) is 5.82 Å². The fourth-order valence-electron chi connectivity index (χ4n) is 3.72. The Bertz CT molecular complexity index is 1340. The maximum atomic E-state index is 14.5. The molecule has 0 saturated heterocycles. The Kier molecular flexibility index (Phi) is 4.85. The molecule has 0 amide bonds. The van der Waals surface area contributed by atoms with Gasteiger partial charge in [0.1, 0.15) is 24.0 Å². The van der Waals surface area contributed by atoms with Crippen molar-refractivity contribution >= 4 is 33.4 Å². The van der Waals surface area contributed by atoms with Crippen LogP contribution in [0.3, 0.4) is 0 Å². The van der Waals surface area contributed by atoms with E-state index in [1.165, 1.54) is 6.07 Å². The smallest absolute Gasteiger partial charge is 0.148 e. The highest BCUT2D eigenvalue weighted by Gasteiger charge is 2.15. The van der Waals surface area contributed by atoms with E-state index in [2.05, 4.69) is 12.1 Å². The molecular weight excluding hydrogens is 399 g/mol. The lowest BCUT2D eigenvalue weighted by Crippen LogP contribution is -2.10. The van der Waals surface area contributed by atoms with Crippen molar-refractivity contribution in [3.8, 4) is 5.75 Å². The van der Waals surface area contributed by atoms with Gasteiger partial charge in [-0.3, -0.25) is 0 Å². The van der Waals surface area contributed by atoms with Crippen LogP contribution in [0.2, 0.25) is 5.02 Å². The van der Waals surface area contributed by atoms with Crippen molar-refractivity contribution in [2.24, 2.45) is 0 Å². The maximum absolute atomic E-state index is 14.5. The van der Waals surface area contributed by atoms with E-state index < -0.39 is 0 Å². The zero-order valence-corrected chi connectivity index (χ0v) is 16.8. The lowest BCUT2D eigenvalue weighted by atomic mass is 10.1.